The Hall–Kier alpha value is -2.17. The molecule has 1 saturated heterocycles. The zero-order valence-corrected chi connectivity index (χ0v) is 16.1. The van der Waals surface area contributed by atoms with E-state index in [1.54, 1.807) is 38.8 Å². The van der Waals surface area contributed by atoms with Gasteiger partial charge in [-0.2, -0.15) is 0 Å². The number of nitrogens with two attached hydrogens (primary N) is 1. The highest BCUT2D eigenvalue weighted by molar-refractivity contribution is 7.17. The second kappa shape index (κ2) is 10.1. The summed E-state index contributed by atoms with van der Waals surface area (Å²) in [6.45, 7) is 4.35. The van der Waals surface area contributed by atoms with E-state index in [1.165, 1.54) is 4.90 Å². The number of thiazole rings is 1. The first-order chi connectivity index (χ1) is 12.6. The van der Waals surface area contributed by atoms with Crippen molar-refractivity contribution in [2.75, 3.05) is 65.6 Å². The number of morpholine rings is 1. The molecule has 0 bridgehead atoms. The molecule has 3 rings (SSSR count). The fourth-order valence-electron chi connectivity index (χ4n) is 2.31. The summed E-state index contributed by atoms with van der Waals surface area (Å²) >= 11 is 1.60. The molecule has 0 aromatic carbocycles. The molecule has 0 radical (unpaired) electrons. The molecule has 9 nitrogen and oxygen atoms in total. The van der Waals surface area contributed by atoms with E-state index < -0.39 is 6.03 Å². The number of likely N-dealkylation sites (N-methyl/N-ethyl adjacent to an activating group) is 1. The summed E-state index contributed by atoms with van der Waals surface area (Å²) in [5.41, 5.74) is 7.64. The lowest BCUT2D eigenvalue weighted by Crippen LogP contribution is -2.36. The van der Waals surface area contributed by atoms with Crippen molar-refractivity contribution in [1.29, 1.82) is 0 Å². The number of carbonyl (C=O) groups excluding carboxylic acids is 1. The van der Waals surface area contributed by atoms with Gasteiger partial charge in [0, 0.05) is 33.8 Å². The van der Waals surface area contributed by atoms with Gasteiger partial charge in [-0.1, -0.05) is 0 Å². The Labute approximate surface area is 156 Å². The van der Waals surface area contributed by atoms with Gasteiger partial charge in [0.1, 0.15) is 16.0 Å². The van der Waals surface area contributed by atoms with E-state index >= 15 is 0 Å². The Morgan fingerprint density at radius 1 is 1.38 bits per heavy atom. The number of pyridine rings is 1. The molecule has 2 amide bonds. The second-order valence-electron chi connectivity index (χ2n) is 5.53. The number of primary amides is 1. The van der Waals surface area contributed by atoms with Crippen LogP contribution in [0.2, 0.25) is 0 Å². The van der Waals surface area contributed by atoms with Gasteiger partial charge in [0.2, 0.25) is 0 Å². The van der Waals surface area contributed by atoms with E-state index in [2.05, 4.69) is 14.9 Å². The maximum atomic E-state index is 10.3. The highest BCUT2D eigenvalue weighted by Gasteiger charge is 2.18. The van der Waals surface area contributed by atoms with Crippen LogP contribution in [0.1, 0.15) is 0 Å². The first-order valence-corrected chi connectivity index (χ1v) is 9.04. The van der Waals surface area contributed by atoms with Crippen LogP contribution in [0.4, 0.5) is 10.6 Å². The number of methoxy groups -OCH3 is 2. The normalized spacial score (nSPS) is 13.9. The number of carbonyl (C=O) groups is 1. The molecule has 0 aliphatic carbocycles. The van der Waals surface area contributed by atoms with Crippen LogP contribution < -0.4 is 15.4 Å². The minimum Gasteiger partial charge on any atom is -0.493 e. The van der Waals surface area contributed by atoms with Crippen molar-refractivity contribution < 1.29 is 19.0 Å². The van der Waals surface area contributed by atoms with Gasteiger partial charge in [0.15, 0.2) is 5.75 Å². The summed E-state index contributed by atoms with van der Waals surface area (Å²) in [4.78, 5) is 22.8. The predicted molar refractivity (Wildman–Crippen MR) is 101 cm³/mol. The number of hydrogen-bond donors (Lipinski definition) is 1. The Morgan fingerprint density at radius 3 is 2.73 bits per heavy atom. The minimum atomic E-state index is -0.424. The number of ether oxygens (including phenoxy) is 3. The zero-order chi connectivity index (χ0) is 18.9. The minimum absolute atomic E-state index is 0.424. The van der Waals surface area contributed by atoms with E-state index in [0.29, 0.717) is 13.2 Å². The number of anilines is 1. The van der Waals surface area contributed by atoms with Crippen LogP contribution in [-0.2, 0) is 9.47 Å². The van der Waals surface area contributed by atoms with Crippen molar-refractivity contribution >= 4 is 33.4 Å². The van der Waals surface area contributed by atoms with Gasteiger partial charge in [-0.05, 0) is 0 Å². The van der Waals surface area contributed by atoms with Gasteiger partial charge in [0.05, 0.1) is 38.6 Å². The Balaban J connectivity index is 0.000000232. The number of nitrogens with zero attached hydrogens (tertiary/aromatic N) is 4. The summed E-state index contributed by atoms with van der Waals surface area (Å²) in [5.74, 6) is 1.73. The molecule has 144 valence electrons. The van der Waals surface area contributed by atoms with Crippen LogP contribution in [0, 0.1) is 0 Å². The summed E-state index contributed by atoms with van der Waals surface area (Å²) < 4.78 is 16.4. The molecule has 0 spiro atoms. The monoisotopic (exact) mass is 383 g/mol. The molecule has 2 aromatic heterocycles. The number of amides is 2. The SMILES string of the molecule is COCCN(C)C(N)=O.COc1cnc(N2CCOCC2)c2scnc12. The summed E-state index contributed by atoms with van der Waals surface area (Å²) in [7, 11) is 4.85. The molecule has 1 aliphatic heterocycles. The van der Waals surface area contributed by atoms with Gasteiger partial charge in [-0.15, -0.1) is 11.3 Å². The maximum Gasteiger partial charge on any atom is 0.314 e. The standard InChI is InChI=1S/C11H13N3O2S.C5H12N2O2/c1-15-8-6-12-11(10-9(8)13-7-17-10)14-2-4-16-5-3-14;1-7(5(6)8)3-4-9-2/h6-7H,2-5H2,1H3;3-4H2,1-2H3,(H2,6,8). The van der Waals surface area contributed by atoms with Crippen molar-refractivity contribution in [3.8, 4) is 5.75 Å². The fourth-order valence-corrected chi connectivity index (χ4v) is 3.12. The maximum absolute atomic E-state index is 10.3. The van der Waals surface area contributed by atoms with Crippen molar-refractivity contribution in [2.24, 2.45) is 5.73 Å². The average Bonchev–Trinajstić information content (AvgIpc) is 3.16. The molecular formula is C16H25N5O4S. The van der Waals surface area contributed by atoms with Gasteiger partial charge in [-0.3, -0.25) is 0 Å². The quantitative estimate of drug-likeness (QED) is 0.827. The van der Waals surface area contributed by atoms with Crippen LogP contribution in [0.15, 0.2) is 11.7 Å². The van der Waals surface area contributed by atoms with E-state index in [0.717, 1.165) is 48.1 Å². The Kier molecular flexibility index (Phi) is 7.82. The number of urea groups is 1. The Morgan fingerprint density at radius 2 is 2.12 bits per heavy atom. The van der Waals surface area contributed by atoms with Crippen LogP contribution in [0.3, 0.4) is 0 Å². The van der Waals surface area contributed by atoms with Crippen molar-refractivity contribution in [2.45, 2.75) is 0 Å². The van der Waals surface area contributed by atoms with Gasteiger partial charge in [-0.25, -0.2) is 14.8 Å². The van der Waals surface area contributed by atoms with Crippen molar-refractivity contribution in [3.63, 3.8) is 0 Å². The molecule has 1 fully saturated rings. The smallest absolute Gasteiger partial charge is 0.314 e. The molecule has 2 N–H and O–H groups in total. The topological polar surface area (TPSA) is 103 Å². The number of fused-ring (bicyclic) bond motifs is 1. The first kappa shape index (κ1) is 20.1. The fraction of sp³-hybridized carbons (Fsp3) is 0.562. The molecule has 3 heterocycles. The lowest BCUT2D eigenvalue weighted by atomic mass is 10.3. The molecule has 0 saturated carbocycles. The summed E-state index contributed by atoms with van der Waals surface area (Å²) in [5, 5.41) is 0. The van der Waals surface area contributed by atoms with E-state index in [-0.39, 0.29) is 0 Å². The lowest BCUT2D eigenvalue weighted by molar-refractivity contribution is 0.122. The van der Waals surface area contributed by atoms with Crippen LogP contribution in [0.25, 0.3) is 10.2 Å². The van der Waals surface area contributed by atoms with Gasteiger partial charge in [0.25, 0.3) is 0 Å². The molecule has 0 atom stereocenters. The molecule has 1 aliphatic rings. The zero-order valence-electron chi connectivity index (χ0n) is 15.3. The van der Waals surface area contributed by atoms with Crippen LogP contribution >= 0.6 is 11.3 Å². The first-order valence-electron chi connectivity index (χ1n) is 8.16. The largest absolute Gasteiger partial charge is 0.493 e. The van der Waals surface area contributed by atoms with E-state index in [9.17, 15) is 4.79 Å². The number of aromatic nitrogens is 2. The summed E-state index contributed by atoms with van der Waals surface area (Å²) in [6, 6.07) is -0.424. The molecule has 26 heavy (non-hydrogen) atoms. The highest BCUT2D eigenvalue weighted by atomic mass is 32.1. The number of rotatable bonds is 5. The van der Waals surface area contributed by atoms with Crippen LogP contribution in [-0.4, -0.2) is 81.6 Å². The number of hydrogen-bond acceptors (Lipinski definition) is 8. The lowest BCUT2D eigenvalue weighted by Gasteiger charge is -2.28. The van der Waals surface area contributed by atoms with Crippen LogP contribution in [0.5, 0.6) is 5.75 Å². The van der Waals surface area contributed by atoms with E-state index in [4.69, 9.17) is 19.9 Å². The van der Waals surface area contributed by atoms with Gasteiger partial charge < -0.3 is 29.7 Å². The van der Waals surface area contributed by atoms with Gasteiger partial charge >= 0.3 is 6.03 Å². The third-order valence-corrected chi connectivity index (χ3v) is 4.67. The summed E-state index contributed by atoms with van der Waals surface area (Å²) in [6.07, 6.45) is 1.74. The van der Waals surface area contributed by atoms with E-state index in [1.807, 2.05) is 5.51 Å². The van der Waals surface area contributed by atoms with Crippen molar-refractivity contribution in [1.82, 2.24) is 14.9 Å². The second-order valence-corrected chi connectivity index (χ2v) is 6.39. The third-order valence-electron chi connectivity index (χ3n) is 3.85. The molecule has 0 unspecified atom stereocenters. The highest BCUT2D eigenvalue weighted by Crippen LogP contribution is 2.33. The molecular weight excluding hydrogens is 358 g/mol. The van der Waals surface area contributed by atoms with Crippen molar-refractivity contribution in [3.05, 3.63) is 11.7 Å². The average molecular weight is 383 g/mol. The Bertz CT molecular complexity index is 705. The molecule has 10 heteroatoms. The predicted octanol–water partition coefficient (Wildman–Crippen LogP) is 1.18. The third kappa shape index (κ3) is 5.16. The molecule has 2 aromatic rings.